The average Bonchev–Trinajstić information content (AvgIpc) is 3.31. The third-order valence-corrected chi connectivity index (χ3v) is 4.79. The monoisotopic (exact) mass is 374 g/mol. The van der Waals surface area contributed by atoms with Crippen molar-refractivity contribution in [2.75, 3.05) is 26.2 Å². The lowest BCUT2D eigenvalue weighted by Gasteiger charge is -2.33. The number of pyridine rings is 1. The molecule has 3 aromatic rings. The molecule has 0 aliphatic carbocycles. The molecule has 9 nitrogen and oxygen atoms in total. The van der Waals surface area contributed by atoms with Gasteiger partial charge in [-0.25, -0.2) is 4.98 Å². The van der Waals surface area contributed by atoms with Crippen LogP contribution in [0.1, 0.15) is 17.6 Å². The molecule has 134 valence electrons. The number of aromatic nitrogens is 4. The van der Waals surface area contributed by atoms with Crippen LogP contribution in [0.4, 0.5) is 0 Å². The Labute approximate surface area is 152 Å². The minimum absolute atomic E-state index is 0.000494. The molecular weight excluding hydrogens is 360 g/mol. The van der Waals surface area contributed by atoms with Gasteiger partial charge < -0.3 is 19.3 Å². The molecular formula is C16H15ClN6O3. The summed E-state index contributed by atoms with van der Waals surface area (Å²) in [5.41, 5.74) is 1.14. The van der Waals surface area contributed by atoms with Crippen molar-refractivity contribution in [3.05, 3.63) is 29.4 Å². The first-order valence-electron chi connectivity index (χ1n) is 8.05. The lowest BCUT2D eigenvalue weighted by Crippen LogP contribution is -2.50. The SMILES string of the molecule is CC(=O)N1CCN(C(=O)c2nc(-c3cnc4[nH]ccc4c3Cl)no2)CC1. The highest BCUT2D eigenvalue weighted by Gasteiger charge is 2.27. The van der Waals surface area contributed by atoms with Gasteiger partial charge in [-0.1, -0.05) is 16.8 Å². The second-order valence-corrected chi connectivity index (χ2v) is 6.33. The fourth-order valence-electron chi connectivity index (χ4n) is 2.91. The van der Waals surface area contributed by atoms with Gasteiger partial charge in [0.1, 0.15) is 5.65 Å². The molecule has 2 amide bonds. The van der Waals surface area contributed by atoms with Gasteiger partial charge in [0, 0.05) is 50.9 Å². The maximum Gasteiger partial charge on any atom is 0.316 e. The molecule has 1 fully saturated rings. The van der Waals surface area contributed by atoms with Crippen LogP contribution in [-0.4, -0.2) is 67.9 Å². The summed E-state index contributed by atoms with van der Waals surface area (Å²) < 4.78 is 5.13. The predicted octanol–water partition coefficient (Wildman–Crippen LogP) is 1.57. The molecule has 0 radical (unpaired) electrons. The van der Waals surface area contributed by atoms with E-state index in [4.69, 9.17) is 16.1 Å². The number of rotatable bonds is 2. The molecule has 0 atom stereocenters. The zero-order valence-corrected chi connectivity index (χ0v) is 14.7. The van der Waals surface area contributed by atoms with Crippen LogP contribution in [-0.2, 0) is 4.79 Å². The average molecular weight is 375 g/mol. The first kappa shape index (κ1) is 16.5. The lowest BCUT2D eigenvalue weighted by molar-refractivity contribution is -0.130. The molecule has 10 heteroatoms. The van der Waals surface area contributed by atoms with E-state index in [1.165, 1.54) is 13.1 Å². The molecule has 1 saturated heterocycles. The topological polar surface area (TPSA) is 108 Å². The number of piperazine rings is 1. The normalized spacial score (nSPS) is 14.8. The Morgan fingerprint density at radius 1 is 1.23 bits per heavy atom. The summed E-state index contributed by atoms with van der Waals surface area (Å²) in [7, 11) is 0. The van der Waals surface area contributed by atoms with Gasteiger partial charge in [-0.3, -0.25) is 9.59 Å². The van der Waals surface area contributed by atoms with E-state index in [-0.39, 0.29) is 23.5 Å². The number of nitrogens with zero attached hydrogens (tertiary/aromatic N) is 5. The molecule has 3 aromatic heterocycles. The Kier molecular flexibility index (Phi) is 4.08. The van der Waals surface area contributed by atoms with E-state index in [2.05, 4.69) is 20.1 Å². The third-order valence-electron chi connectivity index (χ3n) is 4.38. The molecule has 0 spiro atoms. The van der Waals surface area contributed by atoms with Crippen molar-refractivity contribution in [1.29, 1.82) is 0 Å². The van der Waals surface area contributed by atoms with Crippen LogP contribution >= 0.6 is 11.6 Å². The Morgan fingerprint density at radius 3 is 2.69 bits per heavy atom. The first-order chi connectivity index (χ1) is 12.5. The number of halogens is 1. The molecule has 26 heavy (non-hydrogen) atoms. The van der Waals surface area contributed by atoms with Crippen molar-refractivity contribution in [2.45, 2.75) is 6.92 Å². The van der Waals surface area contributed by atoms with Crippen molar-refractivity contribution in [3.63, 3.8) is 0 Å². The van der Waals surface area contributed by atoms with Crippen molar-refractivity contribution >= 4 is 34.4 Å². The summed E-state index contributed by atoms with van der Waals surface area (Å²) in [4.78, 5) is 38.6. The van der Waals surface area contributed by atoms with Crippen LogP contribution < -0.4 is 0 Å². The van der Waals surface area contributed by atoms with Gasteiger partial charge in [0.15, 0.2) is 0 Å². The van der Waals surface area contributed by atoms with Gasteiger partial charge in [-0.15, -0.1) is 0 Å². The smallest absolute Gasteiger partial charge is 0.316 e. The number of H-pyrrole nitrogens is 1. The Balaban J connectivity index is 1.55. The molecule has 0 saturated carbocycles. The molecule has 0 bridgehead atoms. The van der Waals surface area contributed by atoms with E-state index in [1.54, 1.807) is 22.1 Å². The van der Waals surface area contributed by atoms with Gasteiger partial charge in [-0.05, 0) is 6.07 Å². The maximum atomic E-state index is 12.5. The maximum absolute atomic E-state index is 12.5. The Morgan fingerprint density at radius 2 is 1.96 bits per heavy atom. The second-order valence-electron chi connectivity index (χ2n) is 5.95. The zero-order valence-electron chi connectivity index (χ0n) is 13.9. The van der Waals surface area contributed by atoms with Crippen LogP contribution in [0.3, 0.4) is 0 Å². The van der Waals surface area contributed by atoms with Crippen LogP contribution in [0.25, 0.3) is 22.4 Å². The highest BCUT2D eigenvalue weighted by Crippen LogP contribution is 2.31. The van der Waals surface area contributed by atoms with Gasteiger partial charge in [0.2, 0.25) is 11.7 Å². The molecule has 1 aliphatic rings. The van der Waals surface area contributed by atoms with Crippen LogP contribution in [0.15, 0.2) is 23.0 Å². The fraction of sp³-hybridized carbons (Fsp3) is 0.312. The highest BCUT2D eigenvalue weighted by atomic mass is 35.5. The Bertz CT molecular complexity index is 989. The molecule has 1 N–H and O–H groups in total. The molecule has 0 aromatic carbocycles. The summed E-state index contributed by atoms with van der Waals surface area (Å²) in [6.07, 6.45) is 3.27. The van der Waals surface area contributed by atoms with Gasteiger partial charge in [0.05, 0.1) is 10.6 Å². The number of amides is 2. The van der Waals surface area contributed by atoms with E-state index in [1.807, 2.05) is 0 Å². The number of hydrogen-bond acceptors (Lipinski definition) is 6. The quantitative estimate of drug-likeness (QED) is 0.729. The second kappa shape index (κ2) is 6.41. The van der Waals surface area contributed by atoms with Crippen molar-refractivity contribution in [1.82, 2.24) is 29.9 Å². The largest absolute Gasteiger partial charge is 0.346 e. The number of fused-ring (bicyclic) bond motifs is 1. The summed E-state index contributed by atoms with van der Waals surface area (Å²) >= 11 is 6.39. The van der Waals surface area contributed by atoms with Crippen LogP contribution in [0.2, 0.25) is 5.02 Å². The number of carbonyl (C=O) groups excluding carboxylic acids is 2. The van der Waals surface area contributed by atoms with E-state index < -0.39 is 0 Å². The zero-order chi connectivity index (χ0) is 18.3. The number of aromatic amines is 1. The van der Waals surface area contributed by atoms with Crippen molar-refractivity contribution in [3.8, 4) is 11.4 Å². The van der Waals surface area contributed by atoms with Gasteiger partial charge in [0.25, 0.3) is 0 Å². The summed E-state index contributed by atoms with van der Waals surface area (Å²) in [6, 6.07) is 1.80. The van der Waals surface area contributed by atoms with Crippen LogP contribution in [0, 0.1) is 0 Å². The molecule has 1 aliphatic heterocycles. The molecule has 4 rings (SSSR count). The van der Waals surface area contributed by atoms with Gasteiger partial charge >= 0.3 is 11.8 Å². The lowest BCUT2D eigenvalue weighted by atomic mass is 10.2. The Hall–Kier alpha value is -2.94. The van der Waals surface area contributed by atoms with Crippen molar-refractivity contribution in [2.24, 2.45) is 0 Å². The van der Waals surface area contributed by atoms with Crippen molar-refractivity contribution < 1.29 is 14.1 Å². The van der Waals surface area contributed by atoms with Gasteiger partial charge in [-0.2, -0.15) is 4.98 Å². The van der Waals surface area contributed by atoms with E-state index in [0.29, 0.717) is 42.4 Å². The molecule has 0 unspecified atom stereocenters. The third kappa shape index (κ3) is 2.80. The summed E-state index contributed by atoms with van der Waals surface area (Å²) in [5, 5.41) is 5.04. The van der Waals surface area contributed by atoms with E-state index in [0.717, 1.165) is 5.39 Å². The minimum Gasteiger partial charge on any atom is -0.346 e. The van der Waals surface area contributed by atoms with Crippen LogP contribution in [0.5, 0.6) is 0 Å². The number of carbonyl (C=O) groups is 2. The minimum atomic E-state index is -0.362. The van der Waals surface area contributed by atoms with E-state index >= 15 is 0 Å². The highest BCUT2D eigenvalue weighted by molar-refractivity contribution is 6.37. The fourth-order valence-corrected chi connectivity index (χ4v) is 3.20. The first-order valence-corrected chi connectivity index (χ1v) is 8.43. The summed E-state index contributed by atoms with van der Waals surface area (Å²) in [5.74, 6) is -0.268. The predicted molar refractivity (Wildman–Crippen MR) is 92.6 cm³/mol. The molecule has 4 heterocycles. The van der Waals surface area contributed by atoms with E-state index in [9.17, 15) is 9.59 Å². The standard InChI is InChI=1S/C16H15ClN6O3/c1-9(24)22-4-6-23(7-5-22)16(25)15-20-14(21-26-15)11-8-19-13-10(12(11)17)2-3-18-13/h2-3,8H,4-7H2,1H3,(H,18,19). The number of hydrogen-bond donors (Lipinski definition) is 1. The number of nitrogens with one attached hydrogen (secondary N) is 1. The summed E-state index contributed by atoms with van der Waals surface area (Å²) in [6.45, 7) is 3.34.